The summed E-state index contributed by atoms with van der Waals surface area (Å²) in [5.41, 5.74) is 3.79. The van der Waals surface area contributed by atoms with Crippen LogP contribution in [0.25, 0.3) is 10.8 Å². The minimum Gasteiger partial charge on any atom is -0.472 e. The van der Waals surface area contributed by atoms with Crippen LogP contribution in [0.3, 0.4) is 0 Å². The molecule has 3 unspecified atom stereocenters. The highest BCUT2D eigenvalue weighted by Crippen LogP contribution is 2.37. The van der Waals surface area contributed by atoms with Crippen molar-refractivity contribution in [2.75, 3.05) is 19.3 Å². The quantitative estimate of drug-likeness (QED) is 0.218. The lowest BCUT2D eigenvalue weighted by molar-refractivity contribution is -0.0476. The van der Waals surface area contributed by atoms with Crippen molar-refractivity contribution < 1.29 is 9.84 Å². The van der Waals surface area contributed by atoms with Gasteiger partial charge >= 0.3 is 0 Å². The Morgan fingerprint density at radius 1 is 0.800 bits per heavy atom. The molecule has 180 valence electrons. The zero-order valence-electron chi connectivity index (χ0n) is 20.4. The summed E-state index contributed by atoms with van der Waals surface area (Å²) < 4.78 is 6.28. The number of hydrogen-bond donors (Lipinski definition) is 1. The maximum atomic E-state index is 10.3. The Balaban J connectivity index is 1.51. The Kier molecular flexibility index (Phi) is 7.43. The molecule has 0 spiro atoms. The van der Waals surface area contributed by atoms with E-state index in [1.165, 1.54) is 32.4 Å². The number of likely N-dealkylation sites (tertiary alicyclic amines) is 1. The zero-order chi connectivity index (χ0) is 24.2. The second-order valence-corrected chi connectivity index (χ2v) is 10.2. The first-order valence-electron chi connectivity index (χ1n) is 12.4. The molecule has 0 aromatic heterocycles. The SMILES string of the molecule is CSc1ccc(C(c2ccc(OC(C(C)O)N3CCCC3)cc2)c2cccc3ccccc23)cc1. The van der Waals surface area contributed by atoms with Crippen molar-refractivity contribution >= 4 is 22.5 Å². The predicted molar refractivity (Wildman–Crippen MR) is 146 cm³/mol. The fraction of sp³-hybridized carbons (Fsp3) is 0.290. The third-order valence-electron chi connectivity index (χ3n) is 6.97. The van der Waals surface area contributed by atoms with Crippen molar-refractivity contribution in [3.63, 3.8) is 0 Å². The van der Waals surface area contributed by atoms with Crippen LogP contribution in [-0.4, -0.2) is 41.7 Å². The van der Waals surface area contributed by atoms with Gasteiger partial charge in [0.15, 0.2) is 6.23 Å². The fourth-order valence-corrected chi connectivity index (χ4v) is 5.61. The third-order valence-corrected chi connectivity index (χ3v) is 7.71. The molecule has 0 bridgehead atoms. The number of aliphatic hydroxyl groups excluding tert-OH is 1. The Labute approximate surface area is 212 Å². The minimum atomic E-state index is -0.550. The number of nitrogens with zero attached hydrogens (tertiary/aromatic N) is 1. The molecule has 1 aliphatic rings. The first-order chi connectivity index (χ1) is 17.1. The molecule has 0 amide bonds. The summed E-state index contributed by atoms with van der Waals surface area (Å²) in [5.74, 6) is 0.901. The summed E-state index contributed by atoms with van der Waals surface area (Å²) in [7, 11) is 0. The number of benzene rings is 4. The molecular weight excluding hydrogens is 450 g/mol. The zero-order valence-corrected chi connectivity index (χ0v) is 21.2. The lowest BCUT2D eigenvalue weighted by atomic mass is 9.83. The van der Waals surface area contributed by atoms with E-state index in [4.69, 9.17) is 4.74 Å². The molecule has 1 heterocycles. The van der Waals surface area contributed by atoms with Crippen LogP contribution in [0.1, 0.15) is 42.4 Å². The normalized spacial score (nSPS) is 16.8. The van der Waals surface area contributed by atoms with E-state index < -0.39 is 6.10 Å². The van der Waals surface area contributed by atoms with Gasteiger partial charge in [-0.25, -0.2) is 0 Å². The molecule has 35 heavy (non-hydrogen) atoms. The first-order valence-corrected chi connectivity index (χ1v) is 13.7. The van der Waals surface area contributed by atoms with E-state index in [0.717, 1.165) is 31.7 Å². The lowest BCUT2D eigenvalue weighted by Gasteiger charge is -2.30. The van der Waals surface area contributed by atoms with Gasteiger partial charge in [0.2, 0.25) is 0 Å². The van der Waals surface area contributed by atoms with E-state index in [1.54, 1.807) is 11.8 Å². The van der Waals surface area contributed by atoms with Crippen molar-refractivity contribution in [2.24, 2.45) is 0 Å². The van der Waals surface area contributed by atoms with Gasteiger partial charge in [-0.3, -0.25) is 4.90 Å². The molecule has 3 atom stereocenters. The highest BCUT2D eigenvalue weighted by Gasteiger charge is 2.27. The second-order valence-electron chi connectivity index (χ2n) is 9.34. The summed E-state index contributed by atoms with van der Waals surface area (Å²) in [6.07, 6.45) is 3.57. The average molecular weight is 484 g/mol. The number of ether oxygens (including phenoxy) is 1. The Hall–Kier alpha value is -2.79. The predicted octanol–water partition coefficient (Wildman–Crippen LogP) is 6.92. The molecule has 1 fully saturated rings. The second kappa shape index (κ2) is 10.9. The molecule has 3 nitrogen and oxygen atoms in total. The first kappa shape index (κ1) is 23.9. The molecule has 0 saturated carbocycles. The highest BCUT2D eigenvalue weighted by atomic mass is 32.2. The minimum absolute atomic E-state index is 0.109. The Morgan fingerprint density at radius 3 is 2.09 bits per heavy atom. The number of aliphatic hydroxyl groups is 1. The van der Waals surface area contributed by atoms with Crippen LogP contribution in [-0.2, 0) is 0 Å². The van der Waals surface area contributed by atoms with Crippen LogP contribution in [0.15, 0.2) is 95.9 Å². The van der Waals surface area contributed by atoms with Crippen molar-refractivity contribution in [1.82, 2.24) is 4.90 Å². The number of rotatable bonds is 8. The molecule has 4 aromatic carbocycles. The van der Waals surface area contributed by atoms with Crippen LogP contribution >= 0.6 is 11.8 Å². The van der Waals surface area contributed by atoms with Gasteiger partial charge < -0.3 is 9.84 Å². The summed E-state index contributed by atoms with van der Waals surface area (Å²) in [6, 6.07) is 32.6. The molecule has 4 aromatic rings. The van der Waals surface area contributed by atoms with E-state index in [9.17, 15) is 5.11 Å². The van der Waals surface area contributed by atoms with Crippen LogP contribution in [0.4, 0.5) is 0 Å². The van der Waals surface area contributed by atoms with Crippen molar-refractivity contribution in [3.8, 4) is 5.75 Å². The molecule has 0 aliphatic carbocycles. The van der Waals surface area contributed by atoms with Gasteiger partial charge in [-0.15, -0.1) is 11.8 Å². The number of thioether (sulfide) groups is 1. The van der Waals surface area contributed by atoms with Crippen molar-refractivity contribution in [1.29, 1.82) is 0 Å². The van der Waals surface area contributed by atoms with E-state index in [-0.39, 0.29) is 12.1 Å². The molecule has 5 rings (SSSR count). The van der Waals surface area contributed by atoms with Crippen LogP contribution in [0.2, 0.25) is 0 Å². The summed E-state index contributed by atoms with van der Waals surface area (Å²) in [5, 5.41) is 12.9. The lowest BCUT2D eigenvalue weighted by Crippen LogP contribution is -2.45. The standard InChI is InChI=1S/C31H33NO2S/c1-22(33)31(32-20-5-6-21-32)34-26-16-12-24(13-17-26)30(25-14-18-27(35-2)19-15-25)29-11-7-9-23-8-3-4-10-28(23)29/h3-4,7-19,22,30-31,33H,5-6,20-21H2,1-2H3. The van der Waals surface area contributed by atoms with Gasteiger partial charge in [-0.1, -0.05) is 66.7 Å². The fourth-order valence-electron chi connectivity index (χ4n) is 5.20. The summed E-state index contributed by atoms with van der Waals surface area (Å²) in [6.45, 7) is 3.76. The van der Waals surface area contributed by atoms with Crippen molar-refractivity contribution in [3.05, 3.63) is 108 Å². The molecule has 1 saturated heterocycles. The van der Waals surface area contributed by atoms with Crippen LogP contribution < -0.4 is 4.74 Å². The maximum absolute atomic E-state index is 10.3. The van der Waals surface area contributed by atoms with Gasteiger partial charge in [-0.2, -0.15) is 0 Å². The average Bonchev–Trinajstić information content (AvgIpc) is 3.43. The summed E-state index contributed by atoms with van der Waals surface area (Å²) in [4.78, 5) is 3.50. The molecule has 1 N–H and O–H groups in total. The summed E-state index contributed by atoms with van der Waals surface area (Å²) >= 11 is 1.76. The van der Waals surface area contributed by atoms with Crippen molar-refractivity contribution in [2.45, 2.75) is 42.9 Å². The molecule has 1 aliphatic heterocycles. The number of hydrogen-bond acceptors (Lipinski definition) is 4. The van der Waals surface area contributed by atoms with Gasteiger partial charge in [0.25, 0.3) is 0 Å². The molecule has 0 radical (unpaired) electrons. The van der Waals surface area contributed by atoms with Gasteiger partial charge in [0.05, 0.1) is 0 Å². The van der Waals surface area contributed by atoms with E-state index in [1.807, 2.05) is 6.92 Å². The monoisotopic (exact) mass is 483 g/mol. The Bertz CT molecular complexity index is 1240. The molecule has 4 heteroatoms. The van der Waals surface area contributed by atoms with Gasteiger partial charge in [-0.05, 0) is 77.7 Å². The largest absolute Gasteiger partial charge is 0.472 e. The smallest absolute Gasteiger partial charge is 0.178 e. The third kappa shape index (κ3) is 5.25. The maximum Gasteiger partial charge on any atom is 0.178 e. The van der Waals surface area contributed by atoms with Gasteiger partial charge in [0.1, 0.15) is 11.9 Å². The molecular formula is C31H33NO2S. The van der Waals surface area contributed by atoms with E-state index in [2.05, 4.69) is 102 Å². The Morgan fingerprint density at radius 2 is 1.43 bits per heavy atom. The van der Waals surface area contributed by atoms with Crippen LogP contribution in [0, 0.1) is 0 Å². The highest BCUT2D eigenvalue weighted by molar-refractivity contribution is 7.98. The van der Waals surface area contributed by atoms with E-state index >= 15 is 0 Å². The van der Waals surface area contributed by atoms with Gasteiger partial charge in [0, 0.05) is 23.9 Å². The number of fused-ring (bicyclic) bond motifs is 1. The van der Waals surface area contributed by atoms with Crippen LogP contribution in [0.5, 0.6) is 5.75 Å². The van der Waals surface area contributed by atoms with E-state index in [0.29, 0.717) is 0 Å². The topological polar surface area (TPSA) is 32.7 Å².